The van der Waals surface area contributed by atoms with Crippen molar-refractivity contribution in [2.75, 3.05) is 0 Å². The molecular weight excluding hydrogens is 553 g/mol. The second-order valence-electron chi connectivity index (χ2n) is 12.2. The molecule has 0 amide bonds. The van der Waals surface area contributed by atoms with Gasteiger partial charge in [0.15, 0.2) is 0 Å². The predicted molar refractivity (Wildman–Crippen MR) is 198 cm³/mol. The summed E-state index contributed by atoms with van der Waals surface area (Å²) in [5, 5.41) is 10.1. The zero-order chi connectivity index (χ0) is 30.5. The van der Waals surface area contributed by atoms with Crippen LogP contribution in [0.15, 0.2) is 182 Å². The van der Waals surface area contributed by atoms with E-state index in [1.807, 2.05) is 0 Å². The predicted octanol–water partition coefficient (Wildman–Crippen LogP) is 13.0. The van der Waals surface area contributed by atoms with E-state index in [9.17, 15) is 0 Å². The third-order valence-electron chi connectivity index (χ3n) is 9.40. The average molecular weight is 583 g/mol. The first-order valence-electron chi connectivity index (χ1n) is 15.9. The molecule has 0 aliphatic carbocycles. The zero-order valence-electron chi connectivity index (χ0n) is 25.3. The van der Waals surface area contributed by atoms with Crippen LogP contribution in [0.3, 0.4) is 0 Å². The lowest BCUT2D eigenvalue weighted by molar-refractivity contribution is 1.61. The number of hydrogen-bond donors (Lipinski definition) is 0. The fourth-order valence-corrected chi connectivity index (χ4v) is 7.00. The molecule has 0 nitrogen and oxygen atoms in total. The monoisotopic (exact) mass is 582 g/mol. The van der Waals surface area contributed by atoms with E-state index in [0.717, 1.165) is 0 Å². The Bertz CT molecular complexity index is 2570. The van der Waals surface area contributed by atoms with Gasteiger partial charge in [0.25, 0.3) is 0 Å². The van der Waals surface area contributed by atoms with Gasteiger partial charge in [-0.1, -0.05) is 146 Å². The van der Waals surface area contributed by atoms with Gasteiger partial charge in [-0.25, -0.2) is 0 Å². The van der Waals surface area contributed by atoms with Crippen LogP contribution in [0.5, 0.6) is 0 Å². The molecule has 9 aromatic carbocycles. The topological polar surface area (TPSA) is 0 Å². The van der Waals surface area contributed by atoms with Crippen molar-refractivity contribution < 1.29 is 0 Å². The van der Waals surface area contributed by atoms with Crippen molar-refractivity contribution in [1.29, 1.82) is 0 Å². The van der Waals surface area contributed by atoms with Gasteiger partial charge < -0.3 is 0 Å². The van der Waals surface area contributed by atoms with Crippen molar-refractivity contribution in [3.8, 4) is 44.5 Å². The molecule has 0 heteroatoms. The van der Waals surface area contributed by atoms with E-state index in [0.29, 0.717) is 0 Å². The van der Waals surface area contributed by atoms with Crippen LogP contribution < -0.4 is 0 Å². The molecule has 0 saturated heterocycles. The summed E-state index contributed by atoms with van der Waals surface area (Å²) in [6.45, 7) is 0. The summed E-state index contributed by atoms with van der Waals surface area (Å²) >= 11 is 0. The Morgan fingerprint density at radius 1 is 0.196 bits per heavy atom. The molecule has 0 radical (unpaired) electrons. The molecule has 0 bridgehead atoms. The summed E-state index contributed by atoms with van der Waals surface area (Å²) in [6, 6.07) is 66.6. The van der Waals surface area contributed by atoms with Crippen LogP contribution in [0, 0.1) is 0 Å². The smallest absolute Gasteiger partial charge is 0.00988 e. The highest BCUT2D eigenvalue weighted by atomic mass is 14.2. The maximum Gasteiger partial charge on any atom is -0.00988 e. The van der Waals surface area contributed by atoms with Crippen LogP contribution in [-0.4, -0.2) is 0 Å². The van der Waals surface area contributed by atoms with Gasteiger partial charge in [-0.2, -0.15) is 0 Å². The SMILES string of the molecule is c1ccc(-c2cc3ccccc3cc2-c2ccc3c(ccc4cc(-c5cccc(-c6ccc7ccccc7c6)c5)ccc43)c2)cc1. The van der Waals surface area contributed by atoms with Gasteiger partial charge in [0.2, 0.25) is 0 Å². The van der Waals surface area contributed by atoms with E-state index in [-0.39, 0.29) is 0 Å². The van der Waals surface area contributed by atoms with Gasteiger partial charge >= 0.3 is 0 Å². The van der Waals surface area contributed by atoms with Crippen molar-refractivity contribution in [2.45, 2.75) is 0 Å². The highest BCUT2D eigenvalue weighted by molar-refractivity contribution is 6.10. The molecular formula is C46H30. The molecule has 0 spiro atoms. The van der Waals surface area contributed by atoms with E-state index in [4.69, 9.17) is 0 Å². The quantitative estimate of drug-likeness (QED) is 0.181. The Hall–Kier alpha value is -5.98. The molecule has 0 unspecified atom stereocenters. The molecule has 9 rings (SSSR count). The normalized spacial score (nSPS) is 11.5. The van der Waals surface area contributed by atoms with Crippen molar-refractivity contribution in [1.82, 2.24) is 0 Å². The van der Waals surface area contributed by atoms with Gasteiger partial charge in [0, 0.05) is 0 Å². The summed E-state index contributed by atoms with van der Waals surface area (Å²) in [5.41, 5.74) is 9.92. The van der Waals surface area contributed by atoms with Crippen molar-refractivity contribution in [3.05, 3.63) is 182 Å². The molecule has 0 aromatic heterocycles. The minimum atomic E-state index is 1.23. The summed E-state index contributed by atoms with van der Waals surface area (Å²) < 4.78 is 0. The first-order valence-corrected chi connectivity index (χ1v) is 15.9. The van der Waals surface area contributed by atoms with E-state index >= 15 is 0 Å². The second kappa shape index (κ2) is 10.9. The van der Waals surface area contributed by atoms with Crippen LogP contribution in [0.2, 0.25) is 0 Å². The summed E-state index contributed by atoms with van der Waals surface area (Å²) in [6.07, 6.45) is 0. The fourth-order valence-electron chi connectivity index (χ4n) is 7.00. The number of rotatable bonds is 4. The Morgan fingerprint density at radius 3 is 1.26 bits per heavy atom. The van der Waals surface area contributed by atoms with Crippen molar-refractivity contribution in [3.63, 3.8) is 0 Å². The lowest BCUT2D eigenvalue weighted by Gasteiger charge is -2.14. The van der Waals surface area contributed by atoms with Gasteiger partial charge in [0.1, 0.15) is 0 Å². The molecule has 9 aromatic rings. The molecule has 0 fully saturated rings. The maximum atomic E-state index is 2.35. The van der Waals surface area contributed by atoms with E-state index < -0.39 is 0 Å². The van der Waals surface area contributed by atoms with E-state index in [2.05, 4.69) is 182 Å². The Morgan fingerprint density at radius 2 is 0.609 bits per heavy atom. The standard InChI is InChI=1S/C46H30/c1-2-10-32(11-3-1)45-29-36-13-6-7-14-37(36)30-46(45)42-22-24-44-41(28-42)20-19-40-27-39(21-23-43(40)44)35-16-8-15-34(26-35)38-18-17-31-9-4-5-12-33(31)25-38/h1-30H. The molecule has 0 aliphatic rings. The highest BCUT2D eigenvalue weighted by Gasteiger charge is 2.12. The Balaban J connectivity index is 1.11. The van der Waals surface area contributed by atoms with Crippen LogP contribution in [0.4, 0.5) is 0 Å². The van der Waals surface area contributed by atoms with Gasteiger partial charge in [-0.15, -0.1) is 0 Å². The fraction of sp³-hybridized carbons (Fsp3) is 0. The molecule has 0 N–H and O–H groups in total. The Labute approximate surface area is 268 Å². The summed E-state index contributed by atoms with van der Waals surface area (Å²) in [4.78, 5) is 0. The second-order valence-corrected chi connectivity index (χ2v) is 12.2. The Kier molecular flexibility index (Phi) is 6.25. The van der Waals surface area contributed by atoms with Crippen molar-refractivity contribution in [2.24, 2.45) is 0 Å². The highest BCUT2D eigenvalue weighted by Crippen LogP contribution is 2.39. The first kappa shape index (κ1) is 26.4. The van der Waals surface area contributed by atoms with Crippen molar-refractivity contribution >= 4 is 43.1 Å². The largest absolute Gasteiger partial charge is 0.0622 e. The lowest BCUT2D eigenvalue weighted by Crippen LogP contribution is -1.88. The lowest BCUT2D eigenvalue weighted by atomic mass is 9.89. The number of hydrogen-bond acceptors (Lipinski definition) is 0. The molecule has 214 valence electrons. The minimum absolute atomic E-state index is 1.23. The maximum absolute atomic E-state index is 2.35. The molecule has 0 atom stereocenters. The average Bonchev–Trinajstić information content (AvgIpc) is 3.14. The van der Waals surface area contributed by atoms with Crippen LogP contribution >= 0.6 is 0 Å². The summed E-state index contributed by atoms with van der Waals surface area (Å²) in [7, 11) is 0. The number of benzene rings is 9. The third kappa shape index (κ3) is 4.64. The molecule has 46 heavy (non-hydrogen) atoms. The van der Waals surface area contributed by atoms with E-state index in [1.54, 1.807) is 0 Å². The third-order valence-corrected chi connectivity index (χ3v) is 9.40. The summed E-state index contributed by atoms with van der Waals surface area (Å²) in [5.74, 6) is 0. The van der Waals surface area contributed by atoms with Gasteiger partial charge in [-0.3, -0.25) is 0 Å². The minimum Gasteiger partial charge on any atom is -0.0622 e. The molecule has 0 heterocycles. The van der Waals surface area contributed by atoms with Crippen LogP contribution in [0.1, 0.15) is 0 Å². The van der Waals surface area contributed by atoms with E-state index in [1.165, 1.54) is 87.6 Å². The van der Waals surface area contributed by atoms with Crippen LogP contribution in [0.25, 0.3) is 87.6 Å². The molecule has 0 saturated carbocycles. The van der Waals surface area contributed by atoms with Gasteiger partial charge in [-0.05, 0) is 124 Å². The first-order chi connectivity index (χ1) is 22.8. The van der Waals surface area contributed by atoms with Gasteiger partial charge in [0.05, 0.1) is 0 Å². The zero-order valence-corrected chi connectivity index (χ0v) is 25.3. The molecule has 0 aliphatic heterocycles. The van der Waals surface area contributed by atoms with Crippen LogP contribution in [-0.2, 0) is 0 Å². The number of fused-ring (bicyclic) bond motifs is 5.